The van der Waals surface area contributed by atoms with Crippen LogP contribution in [-0.4, -0.2) is 0 Å². The van der Waals surface area contributed by atoms with E-state index in [9.17, 15) is 4.91 Å². The number of rotatable bonds is 1. The molecule has 3 nitrogen and oxygen atoms in total. The van der Waals surface area contributed by atoms with Gasteiger partial charge < -0.3 is 5.73 Å². The number of nitrogen functional groups attached to an aromatic ring is 1. The lowest BCUT2D eigenvalue weighted by molar-refractivity contribution is 1.50. The predicted octanol–water partition coefficient (Wildman–Crippen LogP) is 2.32. The summed E-state index contributed by atoms with van der Waals surface area (Å²) < 4.78 is 0. The summed E-state index contributed by atoms with van der Waals surface area (Å²) in [5.41, 5.74) is 5.78. The number of benzene rings is 1. The minimum absolute atomic E-state index is 0.115. The van der Waals surface area contributed by atoms with Crippen LogP contribution in [0, 0.1) is 4.91 Å². The molecule has 0 unspecified atom stereocenters. The SMILES string of the molecule is Nc1cccc(Cl)c1N=O. The number of anilines is 1. The standard InChI is InChI=1S/C6H5ClN2O/c7-4-2-1-3-5(8)6(4)9-10/h1-3H,8H2. The molecule has 0 aliphatic rings. The summed E-state index contributed by atoms with van der Waals surface area (Å²) in [7, 11) is 0. The Kier molecular flexibility index (Phi) is 1.87. The Morgan fingerprint density at radius 1 is 1.50 bits per heavy atom. The van der Waals surface area contributed by atoms with Crippen molar-refractivity contribution in [3.63, 3.8) is 0 Å². The van der Waals surface area contributed by atoms with Crippen molar-refractivity contribution in [3.05, 3.63) is 28.1 Å². The first-order chi connectivity index (χ1) is 4.75. The van der Waals surface area contributed by atoms with Gasteiger partial charge in [-0.1, -0.05) is 17.7 Å². The van der Waals surface area contributed by atoms with E-state index in [0.29, 0.717) is 5.69 Å². The van der Waals surface area contributed by atoms with Crippen LogP contribution >= 0.6 is 11.6 Å². The van der Waals surface area contributed by atoms with Gasteiger partial charge in [0.25, 0.3) is 0 Å². The summed E-state index contributed by atoms with van der Waals surface area (Å²) >= 11 is 5.56. The molecule has 0 heterocycles. The maximum atomic E-state index is 10.0. The largest absolute Gasteiger partial charge is 0.397 e. The van der Waals surface area contributed by atoms with E-state index in [-0.39, 0.29) is 10.7 Å². The first-order valence-corrected chi connectivity index (χ1v) is 3.01. The Labute approximate surface area is 62.8 Å². The molecule has 0 bridgehead atoms. The Morgan fingerprint density at radius 3 is 2.60 bits per heavy atom. The fraction of sp³-hybridized carbons (Fsp3) is 0. The zero-order valence-electron chi connectivity index (χ0n) is 5.04. The van der Waals surface area contributed by atoms with Gasteiger partial charge in [-0.15, -0.1) is 4.91 Å². The van der Waals surface area contributed by atoms with E-state index >= 15 is 0 Å². The smallest absolute Gasteiger partial charge is 0.149 e. The topological polar surface area (TPSA) is 55.4 Å². The van der Waals surface area contributed by atoms with Crippen LogP contribution in [0.25, 0.3) is 0 Å². The van der Waals surface area contributed by atoms with Crippen LogP contribution in [0.4, 0.5) is 11.4 Å². The van der Waals surface area contributed by atoms with E-state index in [4.69, 9.17) is 17.3 Å². The van der Waals surface area contributed by atoms with Crippen molar-refractivity contribution in [2.75, 3.05) is 5.73 Å². The Morgan fingerprint density at radius 2 is 2.20 bits per heavy atom. The normalized spacial score (nSPS) is 9.30. The van der Waals surface area contributed by atoms with Crippen LogP contribution in [0.5, 0.6) is 0 Å². The molecule has 0 radical (unpaired) electrons. The van der Waals surface area contributed by atoms with Crippen LogP contribution in [-0.2, 0) is 0 Å². The molecule has 4 heteroatoms. The van der Waals surface area contributed by atoms with E-state index in [1.165, 1.54) is 0 Å². The van der Waals surface area contributed by atoms with Gasteiger partial charge >= 0.3 is 0 Å². The molecule has 52 valence electrons. The van der Waals surface area contributed by atoms with Crippen molar-refractivity contribution >= 4 is 23.0 Å². The molecule has 1 aromatic rings. The van der Waals surface area contributed by atoms with E-state index in [1.54, 1.807) is 18.2 Å². The number of nitroso groups, excluding NO2 is 1. The summed E-state index contributed by atoms with van der Waals surface area (Å²) in [5.74, 6) is 0. The van der Waals surface area contributed by atoms with E-state index < -0.39 is 0 Å². The molecule has 0 amide bonds. The molecule has 10 heavy (non-hydrogen) atoms. The number of hydrogen-bond acceptors (Lipinski definition) is 3. The zero-order valence-corrected chi connectivity index (χ0v) is 5.80. The molecule has 1 aromatic carbocycles. The summed E-state index contributed by atoms with van der Waals surface area (Å²) in [4.78, 5) is 10.0. The second kappa shape index (κ2) is 2.66. The summed E-state index contributed by atoms with van der Waals surface area (Å²) in [6.07, 6.45) is 0. The van der Waals surface area contributed by atoms with Crippen molar-refractivity contribution in [1.29, 1.82) is 0 Å². The van der Waals surface area contributed by atoms with Crippen molar-refractivity contribution in [1.82, 2.24) is 0 Å². The molecule has 0 saturated carbocycles. The van der Waals surface area contributed by atoms with Gasteiger partial charge in [0.05, 0.1) is 10.7 Å². The Balaban J connectivity index is 3.30. The maximum Gasteiger partial charge on any atom is 0.149 e. The van der Waals surface area contributed by atoms with Gasteiger partial charge in [0.1, 0.15) is 5.69 Å². The summed E-state index contributed by atoms with van der Waals surface area (Å²) in [6, 6.07) is 4.80. The molecular weight excluding hydrogens is 152 g/mol. The highest BCUT2D eigenvalue weighted by atomic mass is 35.5. The predicted molar refractivity (Wildman–Crippen MR) is 41.3 cm³/mol. The van der Waals surface area contributed by atoms with Gasteiger partial charge in [-0.3, -0.25) is 0 Å². The molecular formula is C6H5ClN2O. The lowest BCUT2D eigenvalue weighted by atomic mass is 10.3. The Bertz CT molecular complexity index is 242. The van der Waals surface area contributed by atoms with Crippen molar-refractivity contribution in [2.24, 2.45) is 5.18 Å². The van der Waals surface area contributed by atoms with Gasteiger partial charge in [0, 0.05) is 0 Å². The first-order valence-electron chi connectivity index (χ1n) is 2.63. The average Bonchev–Trinajstić information content (AvgIpc) is 1.88. The second-order valence-electron chi connectivity index (χ2n) is 1.77. The van der Waals surface area contributed by atoms with Gasteiger partial charge in [-0.05, 0) is 17.3 Å². The second-order valence-corrected chi connectivity index (χ2v) is 2.18. The average molecular weight is 157 g/mol. The van der Waals surface area contributed by atoms with Crippen LogP contribution in [0.2, 0.25) is 5.02 Å². The number of nitrogens with zero attached hydrogens (tertiary/aromatic N) is 1. The van der Waals surface area contributed by atoms with E-state index in [1.807, 2.05) is 0 Å². The van der Waals surface area contributed by atoms with E-state index in [0.717, 1.165) is 0 Å². The van der Waals surface area contributed by atoms with Gasteiger partial charge in [0.2, 0.25) is 0 Å². The summed E-state index contributed by atoms with van der Waals surface area (Å²) in [6.45, 7) is 0. The van der Waals surface area contributed by atoms with Crippen LogP contribution in [0.3, 0.4) is 0 Å². The van der Waals surface area contributed by atoms with Gasteiger partial charge in [0.15, 0.2) is 0 Å². The van der Waals surface area contributed by atoms with Crippen molar-refractivity contribution in [2.45, 2.75) is 0 Å². The number of hydrogen-bond donors (Lipinski definition) is 1. The minimum atomic E-state index is 0.115. The quantitative estimate of drug-likeness (QED) is 0.501. The lowest BCUT2D eigenvalue weighted by Gasteiger charge is -1.96. The lowest BCUT2D eigenvalue weighted by Crippen LogP contribution is -1.83. The molecule has 0 aromatic heterocycles. The minimum Gasteiger partial charge on any atom is -0.397 e. The highest BCUT2D eigenvalue weighted by Crippen LogP contribution is 2.29. The molecule has 0 spiro atoms. The highest BCUT2D eigenvalue weighted by molar-refractivity contribution is 6.33. The molecule has 0 aliphatic heterocycles. The fourth-order valence-corrected chi connectivity index (χ4v) is 0.845. The van der Waals surface area contributed by atoms with Crippen LogP contribution in [0.1, 0.15) is 0 Å². The Hall–Kier alpha value is -1.09. The molecule has 1 rings (SSSR count). The van der Waals surface area contributed by atoms with Gasteiger partial charge in [-0.25, -0.2) is 0 Å². The van der Waals surface area contributed by atoms with Crippen molar-refractivity contribution in [3.8, 4) is 0 Å². The van der Waals surface area contributed by atoms with E-state index in [2.05, 4.69) is 5.18 Å². The molecule has 0 atom stereocenters. The molecule has 0 saturated heterocycles. The third kappa shape index (κ3) is 1.09. The zero-order chi connectivity index (χ0) is 7.56. The fourth-order valence-electron chi connectivity index (χ4n) is 0.628. The third-order valence-corrected chi connectivity index (χ3v) is 1.41. The van der Waals surface area contributed by atoms with Crippen molar-refractivity contribution < 1.29 is 0 Å². The van der Waals surface area contributed by atoms with Crippen LogP contribution in [0.15, 0.2) is 23.4 Å². The maximum absolute atomic E-state index is 10.0. The number of halogens is 1. The third-order valence-electron chi connectivity index (χ3n) is 1.11. The highest BCUT2D eigenvalue weighted by Gasteiger charge is 2.02. The summed E-state index contributed by atoms with van der Waals surface area (Å²) in [5, 5.41) is 2.95. The monoisotopic (exact) mass is 156 g/mol. The molecule has 2 N–H and O–H groups in total. The molecule has 0 aliphatic carbocycles. The van der Waals surface area contributed by atoms with Gasteiger partial charge in [-0.2, -0.15) is 0 Å². The first kappa shape index (κ1) is 7.02. The van der Waals surface area contributed by atoms with Crippen LogP contribution < -0.4 is 5.73 Å². The number of nitrogens with two attached hydrogens (primary N) is 1. The molecule has 0 fully saturated rings.